The van der Waals surface area contributed by atoms with Crippen LogP contribution in [0.4, 0.5) is 5.69 Å². The normalized spacial score (nSPS) is 10.6. The molecule has 23 heavy (non-hydrogen) atoms. The Balaban J connectivity index is 1.96. The average Bonchev–Trinajstić information content (AvgIpc) is 2.53. The number of anilines is 1. The fraction of sp³-hybridized carbons (Fsp3) is 0.0588. The Morgan fingerprint density at radius 3 is 2.57 bits per heavy atom. The first-order valence-corrected chi connectivity index (χ1v) is 6.86. The van der Waals surface area contributed by atoms with Crippen molar-refractivity contribution in [2.24, 2.45) is 0 Å². The summed E-state index contributed by atoms with van der Waals surface area (Å²) in [5.74, 6) is -1.43. The van der Waals surface area contributed by atoms with Gasteiger partial charge in [0.1, 0.15) is 16.9 Å². The van der Waals surface area contributed by atoms with Crippen LogP contribution in [0.5, 0.6) is 5.75 Å². The highest BCUT2D eigenvalue weighted by Gasteiger charge is 2.14. The van der Waals surface area contributed by atoms with Gasteiger partial charge in [-0.1, -0.05) is 30.3 Å². The molecule has 0 radical (unpaired) electrons. The van der Waals surface area contributed by atoms with Gasteiger partial charge in [-0.05, 0) is 17.7 Å². The third-order valence-corrected chi connectivity index (χ3v) is 3.41. The van der Waals surface area contributed by atoms with Gasteiger partial charge < -0.3 is 19.9 Å². The zero-order valence-electron chi connectivity index (χ0n) is 11.9. The first-order chi connectivity index (χ1) is 11.0. The van der Waals surface area contributed by atoms with Gasteiger partial charge in [0.25, 0.3) is 0 Å². The molecule has 0 fully saturated rings. The van der Waals surface area contributed by atoms with Gasteiger partial charge in [0.15, 0.2) is 0 Å². The van der Waals surface area contributed by atoms with Crippen LogP contribution in [0.1, 0.15) is 15.9 Å². The minimum absolute atomic E-state index is 0.0568. The number of fused-ring (bicyclic) bond motifs is 1. The summed E-state index contributed by atoms with van der Waals surface area (Å²) < 4.78 is 5.01. The summed E-state index contributed by atoms with van der Waals surface area (Å²) in [7, 11) is 0. The van der Waals surface area contributed by atoms with E-state index in [4.69, 9.17) is 9.52 Å². The van der Waals surface area contributed by atoms with E-state index in [9.17, 15) is 14.7 Å². The third-order valence-electron chi connectivity index (χ3n) is 3.41. The minimum Gasteiger partial charge on any atom is -0.506 e. The van der Waals surface area contributed by atoms with E-state index in [1.807, 2.05) is 30.3 Å². The number of nitrogens with one attached hydrogen (secondary N) is 1. The molecule has 3 N–H and O–H groups in total. The van der Waals surface area contributed by atoms with Crippen molar-refractivity contribution in [2.45, 2.75) is 6.54 Å². The Bertz CT molecular complexity index is 931. The van der Waals surface area contributed by atoms with Gasteiger partial charge in [0, 0.05) is 18.0 Å². The number of phenolic OH excluding ortho intramolecular Hbond substituents is 1. The molecular formula is C17H13NO5. The first kappa shape index (κ1) is 14.6. The summed E-state index contributed by atoms with van der Waals surface area (Å²) in [6.07, 6.45) is 0. The van der Waals surface area contributed by atoms with Crippen molar-refractivity contribution in [3.05, 3.63) is 70.1 Å². The molecule has 6 nitrogen and oxygen atoms in total. The monoisotopic (exact) mass is 311 g/mol. The Morgan fingerprint density at radius 1 is 1.13 bits per heavy atom. The molecule has 6 heteroatoms. The molecule has 0 unspecified atom stereocenters. The van der Waals surface area contributed by atoms with E-state index in [1.54, 1.807) is 0 Å². The van der Waals surface area contributed by atoms with Gasteiger partial charge in [-0.25, -0.2) is 9.59 Å². The maximum Gasteiger partial charge on any atom is 0.351 e. The lowest BCUT2D eigenvalue weighted by atomic mass is 10.1. The van der Waals surface area contributed by atoms with Gasteiger partial charge >= 0.3 is 11.6 Å². The summed E-state index contributed by atoms with van der Waals surface area (Å²) >= 11 is 0. The molecule has 0 saturated heterocycles. The van der Waals surface area contributed by atoms with Crippen LogP contribution < -0.4 is 10.9 Å². The number of carboxylic acids is 1. The summed E-state index contributed by atoms with van der Waals surface area (Å²) in [4.78, 5) is 22.6. The molecule has 0 amide bonds. The highest BCUT2D eigenvalue weighted by atomic mass is 16.4. The van der Waals surface area contributed by atoms with Crippen LogP contribution in [0, 0.1) is 0 Å². The van der Waals surface area contributed by atoms with Gasteiger partial charge in [0.2, 0.25) is 0 Å². The molecule has 1 heterocycles. The SMILES string of the molecule is O=C(O)c1cc2cc(O)c(NCc3ccccc3)cc2oc1=O. The largest absolute Gasteiger partial charge is 0.506 e. The third kappa shape index (κ3) is 3.01. The Hall–Kier alpha value is -3.28. The molecule has 0 saturated carbocycles. The smallest absolute Gasteiger partial charge is 0.351 e. The van der Waals surface area contributed by atoms with E-state index in [1.165, 1.54) is 18.2 Å². The fourth-order valence-electron chi connectivity index (χ4n) is 2.24. The first-order valence-electron chi connectivity index (χ1n) is 6.86. The second kappa shape index (κ2) is 5.84. The quantitative estimate of drug-likeness (QED) is 0.506. The molecule has 2 aromatic carbocycles. The van der Waals surface area contributed by atoms with Gasteiger partial charge in [-0.3, -0.25) is 0 Å². The van der Waals surface area contributed by atoms with E-state index in [0.717, 1.165) is 5.56 Å². The van der Waals surface area contributed by atoms with Gasteiger partial charge in [-0.2, -0.15) is 0 Å². The Labute approximate surface area is 130 Å². The lowest BCUT2D eigenvalue weighted by Crippen LogP contribution is -2.12. The number of hydrogen-bond acceptors (Lipinski definition) is 5. The van der Waals surface area contributed by atoms with Gasteiger partial charge in [0.05, 0.1) is 5.69 Å². The molecule has 3 rings (SSSR count). The van der Waals surface area contributed by atoms with E-state index in [0.29, 0.717) is 17.6 Å². The van der Waals surface area contributed by atoms with Crippen LogP contribution >= 0.6 is 0 Å². The molecule has 3 aromatic rings. The van der Waals surface area contributed by atoms with Crippen molar-refractivity contribution in [3.63, 3.8) is 0 Å². The second-order valence-electron chi connectivity index (χ2n) is 5.00. The molecular weight excluding hydrogens is 298 g/mol. The molecule has 0 atom stereocenters. The summed E-state index contributed by atoms with van der Waals surface area (Å²) in [6.45, 7) is 0.483. The van der Waals surface area contributed by atoms with Gasteiger partial charge in [-0.15, -0.1) is 0 Å². The Morgan fingerprint density at radius 2 is 1.87 bits per heavy atom. The fourth-order valence-corrected chi connectivity index (χ4v) is 2.24. The lowest BCUT2D eigenvalue weighted by Gasteiger charge is -2.10. The molecule has 0 aliphatic carbocycles. The summed E-state index contributed by atoms with van der Waals surface area (Å²) in [5.41, 5.74) is 0.224. The number of carbonyl (C=O) groups is 1. The van der Waals surface area contributed by atoms with E-state index in [2.05, 4.69) is 5.32 Å². The van der Waals surface area contributed by atoms with Crippen molar-refractivity contribution < 1.29 is 19.4 Å². The van der Waals surface area contributed by atoms with Crippen LogP contribution in [0.3, 0.4) is 0 Å². The minimum atomic E-state index is -1.37. The maximum atomic E-state index is 11.6. The topological polar surface area (TPSA) is 99.8 Å². The van der Waals surface area contributed by atoms with E-state index < -0.39 is 17.2 Å². The molecule has 1 aromatic heterocycles. The van der Waals surface area contributed by atoms with Crippen LogP contribution in [0.15, 0.2) is 57.7 Å². The predicted octanol–water partition coefficient (Wildman–Crippen LogP) is 2.81. The van der Waals surface area contributed by atoms with Crippen molar-refractivity contribution in [1.82, 2.24) is 0 Å². The standard InChI is InChI=1S/C17H13NO5/c19-14-7-11-6-12(16(20)21)17(22)23-15(11)8-13(14)18-9-10-4-2-1-3-5-10/h1-8,18-19H,9H2,(H,20,21). The van der Waals surface area contributed by atoms with Crippen LogP contribution in [-0.2, 0) is 6.54 Å². The van der Waals surface area contributed by atoms with Crippen LogP contribution in [-0.4, -0.2) is 16.2 Å². The highest BCUT2D eigenvalue weighted by Crippen LogP contribution is 2.29. The summed E-state index contributed by atoms with van der Waals surface area (Å²) in [6, 6.07) is 13.6. The highest BCUT2D eigenvalue weighted by molar-refractivity contribution is 5.93. The average molecular weight is 311 g/mol. The van der Waals surface area contributed by atoms with Crippen molar-refractivity contribution in [1.29, 1.82) is 0 Å². The number of rotatable bonds is 4. The van der Waals surface area contributed by atoms with E-state index in [-0.39, 0.29) is 11.3 Å². The number of hydrogen-bond donors (Lipinski definition) is 3. The maximum absolute atomic E-state index is 11.6. The van der Waals surface area contributed by atoms with Crippen molar-refractivity contribution in [3.8, 4) is 5.75 Å². The summed E-state index contributed by atoms with van der Waals surface area (Å²) in [5, 5.41) is 22.4. The number of carboxylic acid groups (broad SMARTS) is 1. The zero-order valence-corrected chi connectivity index (χ0v) is 11.9. The zero-order chi connectivity index (χ0) is 16.4. The molecule has 0 spiro atoms. The van der Waals surface area contributed by atoms with Crippen LogP contribution in [0.2, 0.25) is 0 Å². The number of benzene rings is 2. The molecule has 116 valence electrons. The number of aromatic carboxylic acids is 1. The predicted molar refractivity (Wildman–Crippen MR) is 84.9 cm³/mol. The van der Waals surface area contributed by atoms with Crippen molar-refractivity contribution in [2.75, 3.05) is 5.32 Å². The molecule has 0 aliphatic rings. The number of phenols is 1. The lowest BCUT2D eigenvalue weighted by molar-refractivity contribution is 0.0692. The second-order valence-corrected chi connectivity index (χ2v) is 5.00. The molecule has 0 bridgehead atoms. The van der Waals surface area contributed by atoms with E-state index >= 15 is 0 Å². The Kier molecular flexibility index (Phi) is 3.72. The van der Waals surface area contributed by atoms with Crippen LogP contribution in [0.25, 0.3) is 11.0 Å². The van der Waals surface area contributed by atoms with Crippen molar-refractivity contribution >= 4 is 22.6 Å². The molecule has 0 aliphatic heterocycles. The number of aromatic hydroxyl groups is 1.